The predicted octanol–water partition coefficient (Wildman–Crippen LogP) is 2.19. The maximum Gasteiger partial charge on any atom is 0.0702 e. The van der Waals surface area contributed by atoms with Crippen molar-refractivity contribution in [2.75, 3.05) is 20.1 Å². The van der Waals surface area contributed by atoms with E-state index in [0.29, 0.717) is 12.0 Å². The molecule has 3 nitrogen and oxygen atoms in total. The van der Waals surface area contributed by atoms with E-state index < -0.39 is 0 Å². The van der Waals surface area contributed by atoms with Gasteiger partial charge in [-0.05, 0) is 56.2 Å². The molecule has 2 unspecified atom stereocenters. The first kappa shape index (κ1) is 11.6. The Labute approximate surface area is 108 Å². The zero-order valence-corrected chi connectivity index (χ0v) is 10.7. The molecule has 0 aliphatic carbocycles. The quantitative estimate of drug-likeness (QED) is 0.876. The van der Waals surface area contributed by atoms with E-state index >= 15 is 0 Å². The Balaban J connectivity index is 2.03. The van der Waals surface area contributed by atoms with Crippen LogP contribution in [0.2, 0.25) is 0 Å². The molecule has 3 heteroatoms. The molecule has 1 saturated heterocycles. The van der Waals surface area contributed by atoms with Gasteiger partial charge in [-0.3, -0.25) is 9.88 Å². The van der Waals surface area contributed by atoms with Gasteiger partial charge >= 0.3 is 0 Å². The molecule has 94 valence electrons. The SMILES string of the molecule is CN1CCC(CN)C1c1ccc2ncccc2c1. The van der Waals surface area contributed by atoms with E-state index in [-0.39, 0.29) is 0 Å². The van der Waals surface area contributed by atoms with Crippen molar-refractivity contribution in [2.45, 2.75) is 12.5 Å². The minimum atomic E-state index is 0.458. The zero-order chi connectivity index (χ0) is 12.5. The van der Waals surface area contributed by atoms with Crippen molar-refractivity contribution < 1.29 is 0 Å². The molecule has 18 heavy (non-hydrogen) atoms. The Bertz CT molecular complexity index is 552. The third kappa shape index (κ3) is 1.89. The molecule has 2 aromatic rings. The van der Waals surface area contributed by atoms with Crippen molar-refractivity contribution in [2.24, 2.45) is 11.7 Å². The highest BCUT2D eigenvalue weighted by atomic mass is 15.2. The van der Waals surface area contributed by atoms with Crippen LogP contribution in [0.15, 0.2) is 36.5 Å². The van der Waals surface area contributed by atoms with E-state index in [1.54, 1.807) is 0 Å². The topological polar surface area (TPSA) is 42.1 Å². The van der Waals surface area contributed by atoms with E-state index in [4.69, 9.17) is 5.73 Å². The molecule has 1 aliphatic rings. The molecule has 1 aliphatic heterocycles. The second kappa shape index (κ2) is 4.67. The van der Waals surface area contributed by atoms with E-state index in [1.807, 2.05) is 12.3 Å². The minimum absolute atomic E-state index is 0.458. The van der Waals surface area contributed by atoms with Crippen LogP contribution in [0.4, 0.5) is 0 Å². The number of pyridine rings is 1. The van der Waals surface area contributed by atoms with Gasteiger partial charge in [0, 0.05) is 17.6 Å². The standard InChI is InChI=1S/C15H19N3/c1-18-8-6-13(10-16)15(18)12-4-5-14-11(9-12)3-2-7-17-14/h2-5,7,9,13,15H,6,8,10,16H2,1H3. The van der Waals surface area contributed by atoms with Gasteiger partial charge in [0.15, 0.2) is 0 Å². The summed E-state index contributed by atoms with van der Waals surface area (Å²) in [6, 6.07) is 11.1. The lowest BCUT2D eigenvalue weighted by molar-refractivity contribution is 0.280. The number of rotatable bonds is 2. The van der Waals surface area contributed by atoms with Gasteiger partial charge in [0.2, 0.25) is 0 Å². The van der Waals surface area contributed by atoms with Crippen LogP contribution < -0.4 is 5.73 Å². The van der Waals surface area contributed by atoms with E-state index in [1.165, 1.54) is 17.4 Å². The molecule has 0 amide bonds. The smallest absolute Gasteiger partial charge is 0.0702 e. The number of hydrogen-bond acceptors (Lipinski definition) is 3. The Kier molecular flexibility index (Phi) is 3.02. The molecule has 3 rings (SSSR count). The van der Waals surface area contributed by atoms with Gasteiger partial charge in [0.1, 0.15) is 0 Å². The minimum Gasteiger partial charge on any atom is -0.330 e. The Morgan fingerprint density at radius 3 is 3.11 bits per heavy atom. The molecule has 0 radical (unpaired) electrons. The largest absolute Gasteiger partial charge is 0.330 e. The number of hydrogen-bond donors (Lipinski definition) is 1. The molecular weight excluding hydrogens is 222 g/mol. The monoisotopic (exact) mass is 241 g/mol. The lowest BCUT2D eigenvalue weighted by atomic mass is 9.93. The number of fused-ring (bicyclic) bond motifs is 1. The summed E-state index contributed by atoms with van der Waals surface area (Å²) in [4.78, 5) is 6.78. The first-order chi connectivity index (χ1) is 8.79. The van der Waals surface area contributed by atoms with Crippen LogP contribution in [0, 0.1) is 5.92 Å². The van der Waals surface area contributed by atoms with Crippen LogP contribution in [0.3, 0.4) is 0 Å². The van der Waals surface area contributed by atoms with Gasteiger partial charge in [-0.15, -0.1) is 0 Å². The first-order valence-electron chi connectivity index (χ1n) is 6.54. The normalized spacial score (nSPS) is 24.8. The first-order valence-corrected chi connectivity index (χ1v) is 6.54. The molecule has 1 aromatic carbocycles. The van der Waals surface area contributed by atoms with E-state index in [2.05, 4.69) is 41.2 Å². The van der Waals surface area contributed by atoms with Crippen LogP contribution in [0.5, 0.6) is 0 Å². The molecule has 2 heterocycles. The van der Waals surface area contributed by atoms with E-state index in [0.717, 1.165) is 18.6 Å². The van der Waals surface area contributed by atoms with Crippen molar-refractivity contribution in [3.05, 3.63) is 42.1 Å². The average molecular weight is 241 g/mol. The molecule has 1 aromatic heterocycles. The number of aromatic nitrogens is 1. The molecule has 1 fully saturated rings. The van der Waals surface area contributed by atoms with Gasteiger partial charge in [0.25, 0.3) is 0 Å². The number of benzene rings is 1. The molecular formula is C15H19N3. The van der Waals surface area contributed by atoms with Crippen molar-refractivity contribution in [1.29, 1.82) is 0 Å². The molecule has 0 saturated carbocycles. The summed E-state index contributed by atoms with van der Waals surface area (Å²) in [5, 5.41) is 1.21. The number of likely N-dealkylation sites (tertiary alicyclic amines) is 1. The molecule has 0 bridgehead atoms. The Morgan fingerprint density at radius 2 is 2.28 bits per heavy atom. The summed E-state index contributed by atoms with van der Waals surface area (Å²) in [6.07, 6.45) is 3.04. The molecule has 2 N–H and O–H groups in total. The number of nitrogens with two attached hydrogens (primary N) is 1. The van der Waals surface area contributed by atoms with Crippen LogP contribution in [0.25, 0.3) is 10.9 Å². The van der Waals surface area contributed by atoms with Crippen molar-refractivity contribution >= 4 is 10.9 Å². The van der Waals surface area contributed by atoms with E-state index in [9.17, 15) is 0 Å². The van der Waals surface area contributed by atoms with Gasteiger partial charge < -0.3 is 5.73 Å². The van der Waals surface area contributed by atoms with Crippen LogP contribution in [-0.4, -0.2) is 30.0 Å². The van der Waals surface area contributed by atoms with Gasteiger partial charge in [-0.2, -0.15) is 0 Å². The van der Waals surface area contributed by atoms with Crippen molar-refractivity contribution in [3.63, 3.8) is 0 Å². The predicted molar refractivity (Wildman–Crippen MR) is 74.3 cm³/mol. The summed E-state index contributed by atoms with van der Waals surface area (Å²) in [7, 11) is 2.19. The maximum atomic E-state index is 5.90. The summed E-state index contributed by atoms with van der Waals surface area (Å²) >= 11 is 0. The highest BCUT2D eigenvalue weighted by Gasteiger charge is 2.31. The maximum absolute atomic E-state index is 5.90. The highest BCUT2D eigenvalue weighted by molar-refractivity contribution is 5.79. The summed E-state index contributed by atoms with van der Waals surface area (Å²) in [5.74, 6) is 0.573. The molecule has 0 spiro atoms. The summed E-state index contributed by atoms with van der Waals surface area (Å²) in [6.45, 7) is 1.90. The van der Waals surface area contributed by atoms with Crippen molar-refractivity contribution in [3.8, 4) is 0 Å². The summed E-state index contributed by atoms with van der Waals surface area (Å²) in [5.41, 5.74) is 8.33. The van der Waals surface area contributed by atoms with Crippen LogP contribution >= 0.6 is 0 Å². The zero-order valence-electron chi connectivity index (χ0n) is 10.7. The Morgan fingerprint density at radius 1 is 1.39 bits per heavy atom. The van der Waals surface area contributed by atoms with Gasteiger partial charge in [-0.25, -0.2) is 0 Å². The summed E-state index contributed by atoms with van der Waals surface area (Å²) < 4.78 is 0. The van der Waals surface area contributed by atoms with Crippen LogP contribution in [0.1, 0.15) is 18.0 Å². The fourth-order valence-corrected chi connectivity index (χ4v) is 3.08. The fraction of sp³-hybridized carbons (Fsp3) is 0.400. The third-order valence-electron chi connectivity index (χ3n) is 4.05. The Hall–Kier alpha value is -1.45. The second-order valence-electron chi connectivity index (χ2n) is 5.17. The lowest BCUT2D eigenvalue weighted by Crippen LogP contribution is -2.25. The van der Waals surface area contributed by atoms with Crippen LogP contribution in [-0.2, 0) is 0 Å². The molecule has 2 atom stereocenters. The number of nitrogens with zero attached hydrogens (tertiary/aromatic N) is 2. The van der Waals surface area contributed by atoms with Gasteiger partial charge in [-0.1, -0.05) is 12.1 Å². The second-order valence-corrected chi connectivity index (χ2v) is 5.17. The lowest BCUT2D eigenvalue weighted by Gasteiger charge is -2.25. The fourth-order valence-electron chi connectivity index (χ4n) is 3.08. The average Bonchev–Trinajstić information content (AvgIpc) is 2.79. The van der Waals surface area contributed by atoms with Crippen molar-refractivity contribution in [1.82, 2.24) is 9.88 Å². The third-order valence-corrected chi connectivity index (χ3v) is 4.05. The highest BCUT2D eigenvalue weighted by Crippen LogP contribution is 2.36. The van der Waals surface area contributed by atoms with Gasteiger partial charge in [0.05, 0.1) is 5.52 Å².